The number of carboxylic acid groups (broad SMARTS) is 1. The first-order valence-electron chi connectivity index (χ1n) is 6.07. The van der Waals surface area contributed by atoms with Crippen molar-refractivity contribution in [3.05, 3.63) is 22.7 Å². The fourth-order valence-electron chi connectivity index (χ4n) is 1.68. The highest BCUT2D eigenvalue weighted by atomic mass is 79.9. The van der Waals surface area contributed by atoms with Gasteiger partial charge in [0.1, 0.15) is 16.7 Å². The van der Waals surface area contributed by atoms with Gasteiger partial charge < -0.3 is 9.84 Å². The molecule has 1 atom stereocenters. The molecular formula is C13H18BrNO5S. The number of halogens is 1. The first kappa shape index (κ1) is 17.9. The molecule has 6 nitrogen and oxygen atoms in total. The van der Waals surface area contributed by atoms with E-state index in [1.807, 2.05) is 0 Å². The molecule has 0 aliphatic rings. The van der Waals surface area contributed by atoms with Crippen molar-refractivity contribution in [1.82, 2.24) is 4.72 Å². The molecule has 0 aliphatic carbocycles. The Balaban J connectivity index is 3.29. The van der Waals surface area contributed by atoms with Crippen LogP contribution in [0.5, 0.6) is 5.75 Å². The number of carbonyl (C=O) groups is 1. The van der Waals surface area contributed by atoms with E-state index in [0.717, 1.165) is 0 Å². The fraction of sp³-hybridized carbons (Fsp3) is 0.462. The Bertz CT molecular complexity index is 636. The molecule has 0 amide bonds. The second-order valence-corrected chi connectivity index (χ2v) is 8.15. The monoisotopic (exact) mass is 379 g/mol. The summed E-state index contributed by atoms with van der Waals surface area (Å²) in [6.07, 6.45) is 0. The third kappa shape index (κ3) is 4.42. The van der Waals surface area contributed by atoms with Crippen LogP contribution in [0.3, 0.4) is 0 Å². The molecule has 21 heavy (non-hydrogen) atoms. The van der Waals surface area contributed by atoms with Crippen LogP contribution in [0.1, 0.15) is 20.8 Å². The summed E-state index contributed by atoms with van der Waals surface area (Å²) in [5.41, 5.74) is -0.780. The van der Waals surface area contributed by atoms with Gasteiger partial charge in [0.15, 0.2) is 0 Å². The summed E-state index contributed by atoms with van der Waals surface area (Å²) in [4.78, 5) is 11.2. The molecule has 0 fully saturated rings. The topological polar surface area (TPSA) is 92.7 Å². The number of nitrogens with one attached hydrogen (secondary N) is 1. The fourth-order valence-corrected chi connectivity index (χ4v) is 3.78. The number of sulfonamides is 1. The summed E-state index contributed by atoms with van der Waals surface area (Å²) >= 11 is 3.19. The zero-order valence-corrected chi connectivity index (χ0v) is 14.6. The molecule has 0 saturated heterocycles. The molecule has 2 N–H and O–H groups in total. The molecule has 0 spiro atoms. The lowest BCUT2D eigenvalue weighted by Gasteiger charge is -2.27. The van der Waals surface area contributed by atoms with Crippen molar-refractivity contribution in [2.75, 3.05) is 7.11 Å². The number of aliphatic carboxylic acids is 1. The second-order valence-electron chi connectivity index (χ2n) is 5.55. The largest absolute Gasteiger partial charge is 0.495 e. The van der Waals surface area contributed by atoms with Crippen LogP contribution >= 0.6 is 15.9 Å². The lowest BCUT2D eigenvalue weighted by Crippen LogP contribution is -2.49. The minimum atomic E-state index is -4.04. The van der Waals surface area contributed by atoms with Crippen LogP contribution in [0.2, 0.25) is 0 Å². The highest BCUT2D eigenvalue weighted by Crippen LogP contribution is 2.29. The zero-order chi connectivity index (χ0) is 16.4. The van der Waals surface area contributed by atoms with E-state index >= 15 is 0 Å². The molecule has 8 heteroatoms. The number of rotatable bonds is 5. The van der Waals surface area contributed by atoms with Gasteiger partial charge in [-0.15, -0.1) is 0 Å². The highest BCUT2D eigenvalue weighted by Gasteiger charge is 2.36. The minimum Gasteiger partial charge on any atom is -0.495 e. The van der Waals surface area contributed by atoms with E-state index in [2.05, 4.69) is 20.7 Å². The highest BCUT2D eigenvalue weighted by molar-refractivity contribution is 9.10. The van der Waals surface area contributed by atoms with Gasteiger partial charge in [-0.1, -0.05) is 36.7 Å². The minimum absolute atomic E-state index is 0.116. The maximum Gasteiger partial charge on any atom is 0.322 e. The molecule has 118 valence electrons. The standard InChI is InChI=1S/C13H18BrNO5S/c1-13(2,3)11(12(16)17)15-21(18,19)10-7-8(14)5-6-9(10)20-4/h5-7,11,15H,1-4H3,(H,16,17). The smallest absolute Gasteiger partial charge is 0.322 e. The Hall–Kier alpha value is -1.12. The van der Waals surface area contributed by atoms with Crippen molar-refractivity contribution in [2.45, 2.75) is 31.7 Å². The van der Waals surface area contributed by atoms with Crippen molar-refractivity contribution in [2.24, 2.45) is 5.41 Å². The lowest BCUT2D eigenvalue weighted by atomic mass is 9.88. The van der Waals surface area contributed by atoms with E-state index in [1.54, 1.807) is 26.8 Å². The predicted octanol–water partition coefficient (Wildman–Crippen LogP) is 2.24. The van der Waals surface area contributed by atoms with Crippen molar-refractivity contribution >= 4 is 31.9 Å². The number of benzene rings is 1. The van der Waals surface area contributed by atoms with E-state index in [-0.39, 0.29) is 10.6 Å². The van der Waals surface area contributed by atoms with Gasteiger partial charge in [-0.3, -0.25) is 4.79 Å². The van der Waals surface area contributed by atoms with Crippen LogP contribution in [0.15, 0.2) is 27.6 Å². The summed E-state index contributed by atoms with van der Waals surface area (Å²) in [5.74, 6) is -1.09. The normalized spacial score (nSPS) is 13.8. The van der Waals surface area contributed by atoms with Crippen molar-refractivity contribution in [3.63, 3.8) is 0 Å². The second kappa shape index (κ2) is 6.33. The molecule has 0 radical (unpaired) electrons. The Kier molecular flexibility index (Phi) is 5.40. The first-order chi connectivity index (χ1) is 9.49. The quantitative estimate of drug-likeness (QED) is 0.817. The molecule has 0 aromatic heterocycles. The summed E-state index contributed by atoms with van der Waals surface area (Å²) in [6.45, 7) is 4.94. The van der Waals surface area contributed by atoms with E-state index in [1.165, 1.54) is 19.2 Å². The maximum atomic E-state index is 12.5. The van der Waals surface area contributed by atoms with Gasteiger partial charge in [0.25, 0.3) is 0 Å². The van der Waals surface area contributed by atoms with E-state index < -0.39 is 27.4 Å². The van der Waals surface area contributed by atoms with E-state index in [0.29, 0.717) is 4.47 Å². The Labute approximate surface area is 132 Å². The van der Waals surface area contributed by atoms with Gasteiger partial charge in [-0.2, -0.15) is 4.72 Å². The summed E-state index contributed by atoms with van der Waals surface area (Å²) in [6, 6.07) is 3.23. The SMILES string of the molecule is COc1ccc(Br)cc1S(=O)(=O)NC(C(=O)O)C(C)(C)C. The third-order valence-electron chi connectivity index (χ3n) is 2.80. The van der Waals surface area contributed by atoms with Gasteiger partial charge in [0, 0.05) is 4.47 Å². The van der Waals surface area contributed by atoms with Gasteiger partial charge in [0.05, 0.1) is 7.11 Å². The zero-order valence-electron chi connectivity index (χ0n) is 12.2. The van der Waals surface area contributed by atoms with E-state index in [4.69, 9.17) is 4.74 Å². The Morgan fingerprint density at radius 2 is 1.95 bits per heavy atom. The molecule has 1 rings (SSSR count). The maximum absolute atomic E-state index is 12.5. The van der Waals surface area contributed by atoms with Crippen LogP contribution < -0.4 is 9.46 Å². The van der Waals surface area contributed by atoms with Crippen LogP contribution in [-0.2, 0) is 14.8 Å². The predicted molar refractivity (Wildman–Crippen MR) is 81.9 cm³/mol. The molecule has 1 aromatic rings. The van der Waals surface area contributed by atoms with Gasteiger partial charge in [-0.25, -0.2) is 8.42 Å². The third-order valence-corrected chi connectivity index (χ3v) is 4.74. The molecule has 0 heterocycles. The van der Waals surface area contributed by atoms with Crippen molar-refractivity contribution < 1.29 is 23.1 Å². The van der Waals surface area contributed by atoms with Crippen LogP contribution in [0.25, 0.3) is 0 Å². The van der Waals surface area contributed by atoms with Gasteiger partial charge >= 0.3 is 5.97 Å². The molecule has 0 aliphatic heterocycles. The Morgan fingerprint density at radius 3 is 2.38 bits per heavy atom. The summed E-state index contributed by atoms with van der Waals surface area (Å²) < 4.78 is 32.7. The molecule has 1 unspecified atom stereocenters. The number of ether oxygens (including phenoxy) is 1. The van der Waals surface area contributed by atoms with Crippen molar-refractivity contribution in [1.29, 1.82) is 0 Å². The number of hydrogen-bond acceptors (Lipinski definition) is 4. The summed E-state index contributed by atoms with van der Waals surface area (Å²) in [7, 11) is -2.69. The average molecular weight is 380 g/mol. The van der Waals surface area contributed by atoms with Gasteiger partial charge in [0.2, 0.25) is 10.0 Å². The number of carboxylic acids is 1. The first-order valence-corrected chi connectivity index (χ1v) is 8.35. The van der Waals surface area contributed by atoms with Crippen LogP contribution in [0, 0.1) is 5.41 Å². The van der Waals surface area contributed by atoms with Crippen LogP contribution in [-0.4, -0.2) is 32.6 Å². The van der Waals surface area contributed by atoms with Crippen LogP contribution in [0.4, 0.5) is 0 Å². The van der Waals surface area contributed by atoms with Crippen molar-refractivity contribution in [3.8, 4) is 5.75 Å². The molecule has 1 aromatic carbocycles. The molecule has 0 saturated carbocycles. The molecular weight excluding hydrogens is 362 g/mol. The summed E-state index contributed by atoms with van der Waals surface area (Å²) in [5, 5.41) is 9.23. The average Bonchev–Trinajstić information content (AvgIpc) is 2.34. The van der Waals surface area contributed by atoms with E-state index in [9.17, 15) is 18.3 Å². The Morgan fingerprint density at radius 1 is 1.38 bits per heavy atom. The number of hydrogen-bond donors (Lipinski definition) is 2. The lowest BCUT2D eigenvalue weighted by molar-refractivity contribution is -0.141. The molecule has 0 bridgehead atoms. The van der Waals surface area contributed by atoms with Gasteiger partial charge in [-0.05, 0) is 23.6 Å². The number of methoxy groups -OCH3 is 1.